The summed E-state index contributed by atoms with van der Waals surface area (Å²) in [4.78, 5) is 0.360. The minimum absolute atomic E-state index is 0.360. The van der Waals surface area contributed by atoms with Crippen molar-refractivity contribution in [1.29, 1.82) is 0 Å². The van der Waals surface area contributed by atoms with Gasteiger partial charge in [-0.3, -0.25) is 0 Å². The van der Waals surface area contributed by atoms with Gasteiger partial charge >= 0.3 is 0 Å². The van der Waals surface area contributed by atoms with Crippen molar-refractivity contribution in [2.75, 3.05) is 0 Å². The fraction of sp³-hybridized carbons (Fsp3) is 0.250. The first kappa shape index (κ1) is 12.4. The smallest absolute Gasteiger partial charge is 0.0373 e. The van der Waals surface area contributed by atoms with Gasteiger partial charge in [-0.15, -0.1) is 0 Å². The molecule has 0 spiro atoms. The van der Waals surface area contributed by atoms with Crippen molar-refractivity contribution in [2.45, 2.75) is 24.6 Å². The van der Waals surface area contributed by atoms with E-state index in [-0.39, 0.29) is 0 Å². The summed E-state index contributed by atoms with van der Waals surface area (Å²) in [6.45, 7) is 6.45. The minimum Gasteiger partial charge on any atom is -0.0952 e. The summed E-state index contributed by atoms with van der Waals surface area (Å²) in [6.07, 6.45) is 2.14. The molecule has 18 heavy (non-hydrogen) atoms. The van der Waals surface area contributed by atoms with E-state index in [9.17, 15) is 0 Å². The first-order chi connectivity index (χ1) is 8.59. The molecule has 0 fully saturated rings. The Morgan fingerprint density at radius 2 is 1.89 bits per heavy atom. The van der Waals surface area contributed by atoms with E-state index in [0.29, 0.717) is 4.83 Å². The average molecular weight is 366 g/mol. The molecule has 0 saturated carbocycles. The molecule has 92 valence electrons. The van der Waals surface area contributed by atoms with Crippen LogP contribution in [-0.4, -0.2) is 0 Å². The van der Waals surface area contributed by atoms with Gasteiger partial charge in [0.2, 0.25) is 0 Å². The zero-order valence-corrected chi connectivity index (χ0v) is 13.4. The Kier molecular flexibility index (Phi) is 3.11. The highest BCUT2D eigenvalue weighted by Crippen LogP contribution is 2.43. The van der Waals surface area contributed by atoms with Gasteiger partial charge in [0.15, 0.2) is 0 Å². The number of benzene rings is 2. The van der Waals surface area contributed by atoms with Crippen LogP contribution in [0.25, 0.3) is 16.3 Å². The molecule has 1 unspecified atom stereocenters. The lowest BCUT2D eigenvalue weighted by molar-refractivity contribution is 0.993. The molecule has 2 aromatic carbocycles. The normalized spacial score (nSPS) is 16.1. The maximum atomic E-state index is 4.27. The maximum absolute atomic E-state index is 4.27. The summed E-state index contributed by atoms with van der Waals surface area (Å²) in [7, 11) is 0. The predicted octanol–water partition coefficient (Wildman–Crippen LogP) is 6.02. The molecule has 0 radical (unpaired) electrons. The number of alkyl halides is 1. The molecule has 0 aromatic heterocycles. The summed E-state index contributed by atoms with van der Waals surface area (Å²) >= 11 is 7.39. The van der Waals surface area contributed by atoms with Crippen LogP contribution in [0, 0.1) is 0 Å². The molecular weight excluding hydrogens is 352 g/mol. The van der Waals surface area contributed by atoms with Crippen LogP contribution in [0.1, 0.15) is 34.9 Å². The van der Waals surface area contributed by atoms with Crippen molar-refractivity contribution >= 4 is 48.2 Å². The Labute approximate surface area is 124 Å². The number of rotatable bonds is 1. The third kappa shape index (κ3) is 1.78. The van der Waals surface area contributed by atoms with Gasteiger partial charge < -0.3 is 0 Å². The molecule has 0 saturated heterocycles. The van der Waals surface area contributed by atoms with Crippen molar-refractivity contribution in [2.24, 2.45) is 0 Å². The molecule has 1 aliphatic rings. The lowest BCUT2D eigenvalue weighted by Gasteiger charge is -2.24. The quantitative estimate of drug-likeness (QED) is 0.542. The molecule has 0 N–H and O–H groups in total. The zero-order chi connectivity index (χ0) is 12.9. The molecule has 0 heterocycles. The van der Waals surface area contributed by atoms with Crippen LogP contribution >= 0.6 is 31.9 Å². The van der Waals surface area contributed by atoms with Crippen LogP contribution in [0.15, 0.2) is 35.3 Å². The molecule has 3 rings (SSSR count). The lowest BCUT2D eigenvalue weighted by Crippen LogP contribution is -2.05. The van der Waals surface area contributed by atoms with E-state index in [1.54, 1.807) is 0 Å². The van der Waals surface area contributed by atoms with Gasteiger partial charge in [0, 0.05) is 9.30 Å². The van der Waals surface area contributed by atoms with Crippen molar-refractivity contribution in [3.63, 3.8) is 0 Å². The van der Waals surface area contributed by atoms with Crippen LogP contribution < -0.4 is 0 Å². The minimum atomic E-state index is 0.360. The Morgan fingerprint density at radius 3 is 2.61 bits per heavy atom. The lowest BCUT2D eigenvalue weighted by atomic mass is 9.82. The molecule has 0 bridgehead atoms. The van der Waals surface area contributed by atoms with Gasteiger partial charge in [-0.1, -0.05) is 56.6 Å². The van der Waals surface area contributed by atoms with Gasteiger partial charge in [0.25, 0.3) is 0 Å². The van der Waals surface area contributed by atoms with Crippen LogP contribution in [0.3, 0.4) is 0 Å². The second-order valence-corrected chi connectivity index (χ2v) is 7.10. The van der Waals surface area contributed by atoms with Gasteiger partial charge in [-0.05, 0) is 58.9 Å². The van der Waals surface area contributed by atoms with Crippen LogP contribution in [0.2, 0.25) is 0 Å². The molecule has 2 aromatic rings. The number of hydrogen-bond acceptors (Lipinski definition) is 0. The summed E-state index contributed by atoms with van der Waals surface area (Å²) in [5, 5.41) is 2.71. The number of halogens is 2. The highest BCUT2D eigenvalue weighted by molar-refractivity contribution is 9.10. The second kappa shape index (κ2) is 4.50. The zero-order valence-electron chi connectivity index (χ0n) is 10.3. The van der Waals surface area contributed by atoms with Crippen molar-refractivity contribution in [3.05, 3.63) is 52.0 Å². The molecule has 0 amide bonds. The molecule has 1 atom stereocenters. The third-order valence-corrected chi connectivity index (χ3v) is 4.96. The molecule has 2 heteroatoms. The third-order valence-electron chi connectivity index (χ3n) is 3.73. The topological polar surface area (TPSA) is 0 Å². The second-order valence-electron chi connectivity index (χ2n) is 4.87. The van der Waals surface area contributed by atoms with Crippen molar-refractivity contribution in [1.82, 2.24) is 0 Å². The highest BCUT2D eigenvalue weighted by Gasteiger charge is 2.21. The maximum Gasteiger partial charge on any atom is 0.0373 e. The fourth-order valence-electron chi connectivity index (χ4n) is 2.84. The summed E-state index contributed by atoms with van der Waals surface area (Å²) < 4.78 is 1.23. The van der Waals surface area contributed by atoms with Gasteiger partial charge in [-0.25, -0.2) is 0 Å². The van der Waals surface area contributed by atoms with Crippen LogP contribution in [0.4, 0.5) is 0 Å². The van der Waals surface area contributed by atoms with E-state index in [1.807, 2.05) is 0 Å². The first-order valence-electron chi connectivity index (χ1n) is 6.16. The molecule has 0 nitrogen and oxygen atoms in total. The van der Waals surface area contributed by atoms with E-state index in [1.165, 1.54) is 37.5 Å². The molecule has 1 aliphatic carbocycles. The summed E-state index contributed by atoms with van der Waals surface area (Å²) in [5.74, 6) is 0. The highest BCUT2D eigenvalue weighted by atomic mass is 79.9. The largest absolute Gasteiger partial charge is 0.0952 e. The van der Waals surface area contributed by atoms with Crippen molar-refractivity contribution in [3.8, 4) is 0 Å². The van der Waals surface area contributed by atoms with Crippen molar-refractivity contribution < 1.29 is 0 Å². The Balaban J connectivity index is 2.49. The van der Waals surface area contributed by atoms with E-state index < -0.39 is 0 Å². The molecule has 0 aliphatic heterocycles. The Morgan fingerprint density at radius 1 is 1.17 bits per heavy atom. The summed E-state index contributed by atoms with van der Waals surface area (Å²) in [6, 6.07) is 8.80. The van der Waals surface area contributed by atoms with Crippen LogP contribution in [0.5, 0.6) is 0 Å². The number of allylic oxidation sites excluding steroid dienone is 1. The van der Waals surface area contributed by atoms with Gasteiger partial charge in [0.1, 0.15) is 0 Å². The fourth-order valence-corrected chi connectivity index (χ4v) is 3.75. The SMILES string of the molecule is C=C1CCc2c(Br)ccc3ccc(C(C)Br)c1c23. The average Bonchev–Trinajstić information content (AvgIpc) is 2.35. The van der Waals surface area contributed by atoms with Crippen LogP contribution in [-0.2, 0) is 6.42 Å². The van der Waals surface area contributed by atoms with Gasteiger partial charge in [-0.2, -0.15) is 0 Å². The number of aryl methyl sites for hydroxylation is 1. The predicted molar refractivity (Wildman–Crippen MR) is 86.3 cm³/mol. The monoisotopic (exact) mass is 364 g/mol. The van der Waals surface area contributed by atoms with Gasteiger partial charge in [0.05, 0.1) is 0 Å². The van der Waals surface area contributed by atoms with E-state index in [4.69, 9.17) is 0 Å². The van der Waals surface area contributed by atoms with E-state index in [2.05, 4.69) is 69.6 Å². The standard InChI is InChI=1S/C16H14Br2/c1-9-3-6-13-14(18)8-5-11-4-7-12(10(2)17)15(9)16(11)13/h4-5,7-8,10H,1,3,6H2,2H3. The molecular formula is C16H14Br2. The number of hydrogen-bond donors (Lipinski definition) is 0. The first-order valence-corrected chi connectivity index (χ1v) is 7.86. The Hall–Kier alpha value is -0.600. The summed E-state index contributed by atoms with van der Waals surface area (Å²) in [5.41, 5.74) is 5.42. The Bertz CT molecular complexity index is 654. The van der Waals surface area contributed by atoms with E-state index in [0.717, 1.165) is 12.8 Å². The van der Waals surface area contributed by atoms with E-state index >= 15 is 0 Å².